The summed E-state index contributed by atoms with van der Waals surface area (Å²) in [5.74, 6) is 0. The molecule has 1 heterocycles. The molecule has 0 aliphatic carbocycles. The largest absolute Gasteiger partial charge is 0.445 e. The summed E-state index contributed by atoms with van der Waals surface area (Å²) in [4.78, 5) is 12.2. The fourth-order valence-electron chi connectivity index (χ4n) is 2.20. The van der Waals surface area contributed by atoms with Crippen LogP contribution in [0.4, 0.5) is 4.79 Å². The second kappa shape index (κ2) is 9.39. The van der Waals surface area contributed by atoms with Crippen LogP contribution >= 0.6 is 11.3 Å². The fourth-order valence-corrected chi connectivity index (χ4v) is 2.98. The van der Waals surface area contributed by atoms with Gasteiger partial charge in [-0.2, -0.15) is 0 Å². The molecule has 2 unspecified atom stereocenters. The summed E-state index contributed by atoms with van der Waals surface area (Å²) in [6, 6.07) is 11.0. The van der Waals surface area contributed by atoms with E-state index in [4.69, 9.17) is 4.74 Å². The molecule has 0 fully saturated rings. The molecule has 130 valence electrons. The molecule has 0 bridgehead atoms. The van der Waals surface area contributed by atoms with E-state index in [0.29, 0.717) is 10.4 Å². The van der Waals surface area contributed by atoms with Crippen molar-refractivity contribution in [2.45, 2.75) is 31.8 Å². The predicted molar refractivity (Wildman–Crippen MR) is 90.5 cm³/mol. The maximum atomic E-state index is 11.6. The van der Waals surface area contributed by atoms with Crippen LogP contribution in [-0.4, -0.2) is 34.1 Å². The Morgan fingerprint density at radius 1 is 1.21 bits per heavy atom. The molecule has 0 saturated heterocycles. The number of hydrogen-bond acceptors (Lipinski definition) is 6. The van der Waals surface area contributed by atoms with E-state index >= 15 is 0 Å². The summed E-state index contributed by atoms with van der Waals surface area (Å²) in [6.07, 6.45) is -2.55. The van der Waals surface area contributed by atoms with Crippen LogP contribution < -0.4 is 5.32 Å². The van der Waals surface area contributed by atoms with E-state index in [9.17, 15) is 20.1 Å². The lowest BCUT2D eigenvalue weighted by Crippen LogP contribution is -2.29. The second-order valence-electron chi connectivity index (χ2n) is 5.25. The van der Waals surface area contributed by atoms with Gasteiger partial charge in [0, 0.05) is 11.4 Å². The van der Waals surface area contributed by atoms with Crippen molar-refractivity contribution in [3.8, 4) is 0 Å². The van der Waals surface area contributed by atoms with Crippen molar-refractivity contribution < 1.29 is 24.9 Å². The molecule has 0 aliphatic rings. The molecule has 2 aromatic rings. The van der Waals surface area contributed by atoms with Crippen LogP contribution in [0.1, 0.15) is 28.5 Å². The van der Waals surface area contributed by atoms with Crippen molar-refractivity contribution in [2.24, 2.45) is 0 Å². The van der Waals surface area contributed by atoms with Crippen molar-refractivity contribution in [1.29, 1.82) is 0 Å². The number of hydrogen-bond donors (Lipinski definition) is 4. The highest BCUT2D eigenvalue weighted by molar-refractivity contribution is 7.10. The van der Waals surface area contributed by atoms with Crippen molar-refractivity contribution in [2.75, 3.05) is 6.54 Å². The van der Waals surface area contributed by atoms with Gasteiger partial charge in [0.15, 0.2) is 0 Å². The Kier molecular flexibility index (Phi) is 7.20. The number of carbonyl (C=O) groups excluding carboxylic acids is 1. The van der Waals surface area contributed by atoms with E-state index in [-0.39, 0.29) is 26.2 Å². The van der Waals surface area contributed by atoms with Crippen LogP contribution in [0.15, 0.2) is 41.8 Å². The monoisotopic (exact) mass is 351 g/mol. The van der Waals surface area contributed by atoms with Gasteiger partial charge >= 0.3 is 6.09 Å². The van der Waals surface area contributed by atoms with Gasteiger partial charge in [-0.25, -0.2) is 4.79 Å². The molecule has 1 amide bonds. The summed E-state index contributed by atoms with van der Waals surface area (Å²) in [7, 11) is 0. The first-order valence-electron chi connectivity index (χ1n) is 7.59. The second-order valence-corrected chi connectivity index (χ2v) is 6.25. The van der Waals surface area contributed by atoms with E-state index in [1.807, 2.05) is 30.3 Å². The Morgan fingerprint density at radius 3 is 2.67 bits per heavy atom. The number of benzene rings is 1. The molecule has 2 rings (SSSR count). The molecule has 24 heavy (non-hydrogen) atoms. The van der Waals surface area contributed by atoms with Gasteiger partial charge in [-0.3, -0.25) is 0 Å². The van der Waals surface area contributed by atoms with Gasteiger partial charge in [-0.1, -0.05) is 30.3 Å². The first-order valence-corrected chi connectivity index (χ1v) is 8.47. The van der Waals surface area contributed by atoms with Crippen LogP contribution in [0.5, 0.6) is 0 Å². The Labute approximate surface area is 144 Å². The Morgan fingerprint density at radius 2 is 1.96 bits per heavy atom. The molecule has 7 heteroatoms. The highest BCUT2D eigenvalue weighted by Gasteiger charge is 2.21. The molecule has 0 spiro atoms. The van der Waals surface area contributed by atoms with E-state index in [1.54, 1.807) is 11.4 Å². The molecule has 2 atom stereocenters. The predicted octanol–water partition coefficient (Wildman–Crippen LogP) is 1.95. The van der Waals surface area contributed by atoms with Gasteiger partial charge in [0.2, 0.25) is 0 Å². The normalized spacial score (nSPS) is 13.3. The smallest absolute Gasteiger partial charge is 0.407 e. The Hall–Kier alpha value is -1.93. The van der Waals surface area contributed by atoms with E-state index in [0.717, 1.165) is 5.56 Å². The standard InChI is InChI=1S/C17H21NO5S/c19-10-15-13(7-9-24-15)16(21)14(20)6-8-18-17(22)23-11-12-4-2-1-3-5-12/h1-5,7,9,14,16,19-21H,6,8,10-11H2,(H,18,22). The maximum Gasteiger partial charge on any atom is 0.407 e. The Bertz CT molecular complexity index is 631. The summed E-state index contributed by atoms with van der Waals surface area (Å²) < 4.78 is 5.05. The van der Waals surface area contributed by atoms with Gasteiger partial charge in [0.25, 0.3) is 0 Å². The summed E-state index contributed by atoms with van der Waals surface area (Å²) in [5, 5.41) is 33.6. The third kappa shape index (κ3) is 5.31. The van der Waals surface area contributed by atoms with Crippen molar-refractivity contribution in [1.82, 2.24) is 5.32 Å². The highest BCUT2D eigenvalue weighted by Crippen LogP contribution is 2.26. The highest BCUT2D eigenvalue weighted by atomic mass is 32.1. The van der Waals surface area contributed by atoms with Crippen LogP contribution in [-0.2, 0) is 18.0 Å². The fraction of sp³-hybridized carbons (Fsp3) is 0.353. The van der Waals surface area contributed by atoms with Crippen LogP contribution in [0.2, 0.25) is 0 Å². The van der Waals surface area contributed by atoms with E-state index in [1.165, 1.54) is 11.3 Å². The summed E-state index contributed by atoms with van der Waals surface area (Å²) in [6.45, 7) is 0.165. The summed E-state index contributed by atoms with van der Waals surface area (Å²) in [5.41, 5.74) is 1.40. The van der Waals surface area contributed by atoms with Gasteiger partial charge < -0.3 is 25.4 Å². The van der Waals surface area contributed by atoms with Gasteiger partial charge in [0.05, 0.1) is 12.7 Å². The zero-order valence-corrected chi connectivity index (χ0v) is 13.9. The van der Waals surface area contributed by atoms with Gasteiger partial charge in [-0.05, 0) is 29.0 Å². The molecule has 1 aromatic carbocycles. The lowest BCUT2D eigenvalue weighted by atomic mass is 10.0. The molecule has 6 nitrogen and oxygen atoms in total. The average molecular weight is 351 g/mol. The van der Waals surface area contributed by atoms with Crippen molar-refractivity contribution in [3.63, 3.8) is 0 Å². The average Bonchev–Trinajstić information content (AvgIpc) is 3.08. The molecule has 0 aliphatic heterocycles. The lowest BCUT2D eigenvalue weighted by molar-refractivity contribution is 0.0129. The lowest BCUT2D eigenvalue weighted by Gasteiger charge is -2.18. The van der Waals surface area contributed by atoms with Crippen LogP contribution in [0.25, 0.3) is 0 Å². The molecular formula is C17H21NO5S. The van der Waals surface area contributed by atoms with Gasteiger partial charge in [0.1, 0.15) is 12.7 Å². The van der Waals surface area contributed by atoms with Crippen molar-refractivity contribution in [3.05, 3.63) is 57.8 Å². The minimum absolute atomic E-state index is 0.169. The van der Waals surface area contributed by atoms with Gasteiger partial charge in [-0.15, -0.1) is 11.3 Å². The minimum Gasteiger partial charge on any atom is -0.445 e. The SMILES string of the molecule is O=C(NCCC(O)C(O)c1ccsc1CO)OCc1ccccc1. The first-order chi connectivity index (χ1) is 11.6. The molecule has 4 N–H and O–H groups in total. The molecule has 1 aromatic heterocycles. The first kappa shape index (κ1) is 18.4. The number of nitrogens with one attached hydrogen (secondary N) is 1. The molecule has 0 radical (unpaired) electrons. The van der Waals surface area contributed by atoms with E-state index in [2.05, 4.69) is 5.32 Å². The number of aliphatic hydroxyl groups is 3. The summed E-state index contributed by atoms with van der Waals surface area (Å²) >= 11 is 1.32. The number of amides is 1. The number of ether oxygens (including phenoxy) is 1. The topological polar surface area (TPSA) is 99.0 Å². The zero-order valence-electron chi connectivity index (χ0n) is 13.1. The molecular weight excluding hydrogens is 330 g/mol. The number of aliphatic hydroxyl groups excluding tert-OH is 3. The zero-order chi connectivity index (χ0) is 17.4. The molecule has 0 saturated carbocycles. The Balaban J connectivity index is 1.70. The third-order valence-corrected chi connectivity index (χ3v) is 4.45. The number of rotatable bonds is 8. The quantitative estimate of drug-likeness (QED) is 0.583. The minimum atomic E-state index is -1.10. The third-order valence-electron chi connectivity index (χ3n) is 3.53. The number of alkyl carbamates (subject to hydrolysis) is 1. The van der Waals surface area contributed by atoms with E-state index < -0.39 is 18.3 Å². The maximum absolute atomic E-state index is 11.6. The van der Waals surface area contributed by atoms with Crippen molar-refractivity contribution >= 4 is 17.4 Å². The van der Waals surface area contributed by atoms with Crippen LogP contribution in [0.3, 0.4) is 0 Å². The number of carbonyl (C=O) groups is 1. The van der Waals surface area contributed by atoms with Crippen LogP contribution in [0, 0.1) is 0 Å². The number of thiophene rings is 1.